The normalized spacial score (nSPS) is 10.1. The number of carbonyl (C=O) groups excluding carboxylic acids is 1. The lowest BCUT2D eigenvalue weighted by Gasteiger charge is -2.03. The van der Waals surface area contributed by atoms with Gasteiger partial charge in [-0.25, -0.2) is 4.79 Å². The summed E-state index contributed by atoms with van der Waals surface area (Å²) in [5.41, 5.74) is 2.08. The van der Waals surface area contributed by atoms with E-state index in [1.165, 1.54) is 7.11 Å². The minimum atomic E-state index is -0.365. The lowest BCUT2D eigenvalue weighted by Crippen LogP contribution is -2.01. The summed E-state index contributed by atoms with van der Waals surface area (Å²) in [6.45, 7) is 0. The van der Waals surface area contributed by atoms with Gasteiger partial charge in [0.2, 0.25) is 0 Å². The van der Waals surface area contributed by atoms with Gasteiger partial charge in [-0.1, -0.05) is 23.7 Å². The number of benzene rings is 1. The van der Waals surface area contributed by atoms with E-state index >= 15 is 0 Å². The van der Waals surface area contributed by atoms with Crippen LogP contribution in [0.3, 0.4) is 0 Å². The van der Waals surface area contributed by atoms with Gasteiger partial charge < -0.3 is 9.72 Å². The van der Waals surface area contributed by atoms with Crippen LogP contribution in [0.25, 0.3) is 11.3 Å². The van der Waals surface area contributed by atoms with E-state index in [2.05, 4.69) is 4.98 Å². The first kappa shape index (κ1) is 10.8. The highest BCUT2D eigenvalue weighted by atomic mass is 35.5. The standard InChI is InChI=1S/C12H10ClNO2/c1-16-12(15)10-5-6-14-11(10)8-3-2-4-9(13)7-8/h2-7,14H,1H3. The molecule has 2 aromatic rings. The number of esters is 1. The predicted octanol–water partition coefficient (Wildman–Crippen LogP) is 3.12. The molecule has 0 aliphatic rings. The minimum Gasteiger partial charge on any atom is -0.465 e. The number of hydrogen-bond donors (Lipinski definition) is 1. The number of nitrogens with one attached hydrogen (secondary N) is 1. The Morgan fingerprint density at radius 3 is 2.88 bits per heavy atom. The van der Waals surface area contributed by atoms with Crippen molar-refractivity contribution in [3.63, 3.8) is 0 Å². The van der Waals surface area contributed by atoms with Gasteiger partial charge in [-0.05, 0) is 18.2 Å². The molecule has 16 heavy (non-hydrogen) atoms. The van der Waals surface area contributed by atoms with E-state index in [4.69, 9.17) is 16.3 Å². The van der Waals surface area contributed by atoms with E-state index in [9.17, 15) is 4.79 Å². The third-order valence-electron chi connectivity index (χ3n) is 2.27. The van der Waals surface area contributed by atoms with Crippen molar-refractivity contribution < 1.29 is 9.53 Å². The first-order valence-corrected chi connectivity index (χ1v) is 5.12. The number of carbonyl (C=O) groups is 1. The fraction of sp³-hybridized carbons (Fsp3) is 0.0833. The highest BCUT2D eigenvalue weighted by Gasteiger charge is 2.14. The molecule has 0 saturated carbocycles. The van der Waals surface area contributed by atoms with Crippen LogP contribution in [0.15, 0.2) is 36.5 Å². The van der Waals surface area contributed by atoms with E-state index < -0.39 is 0 Å². The molecule has 1 aromatic heterocycles. The molecule has 4 heteroatoms. The summed E-state index contributed by atoms with van der Waals surface area (Å²) in [5.74, 6) is -0.365. The van der Waals surface area contributed by atoms with E-state index in [1.807, 2.05) is 12.1 Å². The molecular weight excluding hydrogens is 226 g/mol. The van der Waals surface area contributed by atoms with Crippen LogP contribution >= 0.6 is 11.6 Å². The first-order chi connectivity index (χ1) is 7.72. The molecule has 1 aromatic carbocycles. The highest BCUT2D eigenvalue weighted by Crippen LogP contribution is 2.25. The van der Waals surface area contributed by atoms with Gasteiger partial charge in [-0.2, -0.15) is 0 Å². The van der Waals surface area contributed by atoms with Crippen LogP contribution in [0.1, 0.15) is 10.4 Å². The molecule has 0 amide bonds. The molecule has 0 fully saturated rings. The number of ether oxygens (including phenoxy) is 1. The van der Waals surface area contributed by atoms with Crippen LogP contribution in [0, 0.1) is 0 Å². The van der Waals surface area contributed by atoms with Crippen LogP contribution in [0.2, 0.25) is 5.02 Å². The zero-order valence-corrected chi connectivity index (χ0v) is 9.41. The Kier molecular flexibility index (Phi) is 2.97. The van der Waals surface area contributed by atoms with Gasteiger partial charge in [0.05, 0.1) is 18.4 Å². The number of hydrogen-bond acceptors (Lipinski definition) is 2. The number of H-pyrrole nitrogens is 1. The fourth-order valence-corrected chi connectivity index (χ4v) is 1.72. The lowest BCUT2D eigenvalue weighted by molar-refractivity contribution is 0.0602. The van der Waals surface area contributed by atoms with Gasteiger partial charge in [-0.3, -0.25) is 0 Å². The average Bonchev–Trinajstić information content (AvgIpc) is 2.77. The molecular formula is C12H10ClNO2. The van der Waals surface area contributed by atoms with Gasteiger partial charge in [-0.15, -0.1) is 0 Å². The van der Waals surface area contributed by atoms with E-state index in [1.54, 1.807) is 24.4 Å². The van der Waals surface area contributed by atoms with Gasteiger partial charge in [0.1, 0.15) is 0 Å². The summed E-state index contributed by atoms with van der Waals surface area (Å²) in [5, 5.41) is 0.628. The van der Waals surface area contributed by atoms with Crippen LogP contribution < -0.4 is 0 Å². The van der Waals surface area contributed by atoms with Gasteiger partial charge in [0.15, 0.2) is 0 Å². The van der Waals surface area contributed by atoms with Crippen molar-refractivity contribution in [2.24, 2.45) is 0 Å². The topological polar surface area (TPSA) is 42.1 Å². The number of methoxy groups -OCH3 is 1. The third-order valence-corrected chi connectivity index (χ3v) is 2.50. The molecule has 0 unspecified atom stereocenters. The Balaban J connectivity index is 2.48. The molecule has 3 nitrogen and oxygen atoms in total. The zero-order chi connectivity index (χ0) is 11.5. The third kappa shape index (κ3) is 1.95. The Morgan fingerprint density at radius 1 is 1.38 bits per heavy atom. The molecule has 2 rings (SSSR count). The smallest absolute Gasteiger partial charge is 0.340 e. The minimum absolute atomic E-state index is 0.365. The van der Waals surface area contributed by atoms with Crippen LogP contribution in [-0.2, 0) is 4.74 Å². The summed E-state index contributed by atoms with van der Waals surface area (Å²) >= 11 is 5.90. The summed E-state index contributed by atoms with van der Waals surface area (Å²) in [6, 6.07) is 8.97. The summed E-state index contributed by atoms with van der Waals surface area (Å²) < 4.78 is 4.70. The molecule has 0 radical (unpaired) electrons. The van der Waals surface area contributed by atoms with Crippen LogP contribution in [0.5, 0.6) is 0 Å². The lowest BCUT2D eigenvalue weighted by atomic mass is 10.1. The fourth-order valence-electron chi connectivity index (χ4n) is 1.53. The Labute approximate surface area is 98.0 Å². The molecule has 0 aliphatic heterocycles. The van der Waals surface area contributed by atoms with Crippen molar-refractivity contribution >= 4 is 17.6 Å². The van der Waals surface area contributed by atoms with E-state index in [0.717, 1.165) is 5.56 Å². The molecule has 82 valence electrons. The second-order valence-corrected chi connectivity index (χ2v) is 3.70. The Morgan fingerprint density at radius 2 is 2.19 bits per heavy atom. The summed E-state index contributed by atoms with van der Waals surface area (Å²) in [7, 11) is 1.36. The quantitative estimate of drug-likeness (QED) is 0.813. The Bertz CT molecular complexity index is 519. The number of rotatable bonds is 2. The second kappa shape index (κ2) is 4.41. The maximum atomic E-state index is 11.5. The van der Waals surface area contributed by atoms with Gasteiger partial charge in [0.25, 0.3) is 0 Å². The molecule has 0 spiro atoms. The molecule has 0 saturated heterocycles. The first-order valence-electron chi connectivity index (χ1n) is 4.74. The van der Waals surface area contributed by atoms with Gasteiger partial charge >= 0.3 is 5.97 Å². The molecule has 1 N–H and O–H groups in total. The predicted molar refractivity (Wildman–Crippen MR) is 62.6 cm³/mol. The molecule has 0 bridgehead atoms. The number of aromatic nitrogens is 1. The molecule has 1 heterocycles. The number of halogens is 1. The maximum absolute atomic E-state index is 11.5. The summed E-state index contributed by atoms with van der Waals surface area (Å²) in [4.78, 5) is 14.5. The maximum Gasteiger partial charge on any atom is 0.340 e. The van der Waals surface area contributed by atoms with E-state index in [0.29, 0.717) is 16.3 Å². The van der Waals surface area contributed by atoms with Crippen LogP contribution in [0.4, 0.5) is 0 Å². The van der Waals surface area contributed by atoms with Crippen LogP contribution in [-0.4, -0.2) is 18.1 Å². The molecule has 0 aliphatic carbocycles. The largest absolute Gasteiger partial charge is 0.465 e. The summed E-state index contributed by atoms with van der Waals surface area (Å²) in [6.07, 6.45) is 1.70. The van der Waals surface area contributed by atoms with Crippen molar-refractivity contribution in [1.29, 1.82) is 0 Å². The zero-order valence-electron chi connectivity index (χ0n) is 8.66. The van der Waals surface area contributed by atoms with Gasteiger partial charge in [0, 0.05) is 16.8 Å². The Hall–Kier alpha value is -1.74. The van der Waals surface area contributed by atoms with Crippen molar-refractivity contribution in [2.75, 3.05) is 7.11 Å². The second-order valence-electron chi connectivity index (χ2n) is 3.27. The van der Waals surface area contributed by atoms with Crippen molar-refractivity contribution in [1.82, 2.24) is 4.98 Å². The average molecular weight is 236 g/mol. The van der Waals surface area contributed by atoms with Crippen molar-refractivity contribution in [3.8, 4) is 11.3 Å². The van der Waals surface area contributed by atoms with Crippen molar-refractivity contribution in [2.45, 2.75) is 0 Å². The number of aromatic amines is 1. The SMILES string of the molecule is COC(=O)c1cc[nH]c1-c1cccc(Cl)c1. The van der Waals surface area contributed by atoms with E-state index in [-0.39, 0.29) is 5.97 Å². The van der Waals surface area contributed by atoms with Crippen molar-refractivity contribution in [3.05, 3.63) is 47.1 Å². The molecule has 0 atom stereocenters. The highest BCUT2D eigenvalue weighted by molar-refractivity contribution is 6.30. The monoisotopic (exact) mass is 235 g/mol.